The van der Waals surface area contributed by atoms with E-state index in [1.807, 2.05) is 54.2 Å². The van der Waals surface area contributed by atoms with Gasteiger partial charge in [-0.25, -0.2) is 9.97 Å². The number of aryl methyl sites for hydroxylation is 2. The van der Waals surface area contributed by atoms with E-state index >= 15 is 0 Å². The average molecular weight is 423 g/mol. The van der Waals surface area contributed by atoms with Crippen LogP contribution in [0.1, 0.15) is 30.3 Å². The Morgan fingerprint density at radius 1 is 0.906 bits per heavy atom. The lowest BCUT2D eigenvalue weighted by Gasteiger charge is -2.11. The summed E-state index contributed by atoms with van der Waals surface area (Å²) in [4.78, 5) is 13.2. The first-order chi connectivity index (χ1) is 15.7. The van der Waals surface area contributed by atoms with E-state index in [1.54, 1.807) is 0 Å². The van der Waals surface area contributed by atoms with Crippen LogP contribution in [0.5, 0.6) is 11.6 Å². The Hall–Kier alpha value is -4.07. The Labute approximate surface area is 184 Å². The molecule has 0 atom stereocenters. The number of hydrogen-bond acceptors (Lipinski definition) is 6. The third-order valence-electron chi connectivity index (χ3n) is 5.79. The average Bonchev–Trinajstić information content (AvgIpc) is 3.44. The zero-order valence-corrected chi connectivity index (χ0v) is 17.8. The van der Waals surface area contributed by atoms with Crippen LogP contribution in [0, 0.1) is 13.8 Å². The van der Waals surface area contributed by atoms with Gasteiger partial charge in [0.25, 0.3) is 5.88 Å². The molecule has 0 amide bonds. The molecule has 8 nitrogen and oxygen atoms in total. The lowest BCUT2D eigenvalue weighted by Crippen LogP contribution is -2.01. The molecule has 1 saturated carbocycles. The van der Waals surface area contributed by atoms with E-state index in [0.717, 1.165) is 34.1 Å². The lowest BCUT2D eigenvalue weighted by molar-refractivity contribution is 0.467. The summed E-state index contributed by atoms with van der Waals surface area (Å²) in [7, 11) is 0. The van der Waals surface area contributed by atoms with Crippen molar-refractivity contribution in [3.8, 4) is 28.7 Å². The molecule has 0 unspecified atom stereocenters. The summed E-state index contributed by atoms with van der Waals surface area (Å²) in [6, 6.07) is 16.5. The maximum Gasteiger partial charge on any atom is 0.250 e. The molecule has 5 aromatic rings. The van der Waals surface area contributed by atoms with Crippen LogP contribution in [-0.4, -0.2) is 34.3 Å². The van der Waals surface area contributed by atoms with E-state index < -0.39 is 0 Å². The summed E-state index contributed by atoms with van der Waals surface area (Å²) in [5.74, 6) is 2.78. The van der Waals surface area contributed by atoms with Gasteiger partial charge in [0.05, 0.1) is 6.33 Å². The van der Waals surface area contributed by atoms with E-state index in [2.05, 4.69) is 48.8 Å². The minimum absolute atomic E-state index is 0.461. The van der Waals surface area contributed by atoms with Crippen molar-refractivity contribution in [2.45, 2.75) is 32.7 Å². The van der Waals surface area contributed by atoms with E-state index in [0.29, 0.717) is 23.2 Å². The molecule has 158 valence electrons. The van der Waals surface area contributed by atoms with Crippen molar-refractivity contribution in [3.63, 3.8) is 0 Å². The molecule has 0 radical (unpaired) electrons. The van der Waals surface area contributed by atoms with Crippen molar-refractivity contribution < 1.29 is 4.74 Å². The van der Waals surface area contributed by atoms with E-state index in [1.165, 1.54) is 19.2 Å². The monoisotopic (exact) mass is 423 g/mol. The Morgan fingerprint density at radius 3 is 2.50 bits per heavy atom. The van der Waals surface area contributed by atoms with E-state index in [9.17, 15) is 0 Å². The number of ether oxygens (including phenoxy) is 1. The summed E-state index contributed by atoms with van der Waals surface area (Å²) in [5.41, 5.74) is 4.67. The molecule has 0 N–H and O–H groups in total. The molecule has 1 fully saturated rings. The van der Waals surface area contributed by atoms with Gasteiger partial charge < -0.3 is 9.30 Å². The van der Waals surface area contributed by atoms with Crippen molar-refractivity contribution in [3.05, 3.63) is 72.6 Å². The predicted octanol–water partition coefficient (Wildman–Crippen LogP) is 4.82. The van der Waals surface area contributed by atoms with Crippen molar-refractivity contribution in [2.24, 2.45) is 0 Å². The second kappa shape index (κ2) is 7.26. The van der Waals surface area contributed by atoms with Crippen LogP contribution in [-0.2, 0) is 0 Å². The van der Waals surface area contributed by atoms with Crippen molar-refractivity contribution in [1.29, 1.82) is 0 Å². The molecule has 3 heterocycles. The van der Waals surface area contributed by atoms with Gasteiger partial charge in [-0.05, 0) is 56.5 Å². The largest absolute Gasteiger partial charge is 0.437 e. The van der Waals surface area contributed by atoms with Crippen molar-refractivity contribution in [2.75, 3.05) is 0 Å². The predicted molar refractivity (Wildman–Crippen MR) is 120 cm³/mol. The van der Waals surface area contributed by atoms with Crippen LogP contribution in [0.25, 0.3) is 28.2 Å². The molecule has 8 heteroatoms. The third kappa shape index (κ3) is 3.11. The minimum Gasteiger partial charge on any atom is -0.437 e. The quantitative estimate of drug-likeness (QED) is 0.403. The number of nitrogens with zero attached hydrogens (tertiary/aromatic N) is 7. The molecule has 2 aromatic carbocycles. The zero-order valence-electron chi connectivity index (χ0n) is 17.8. The fourth-order valence-electron chi connectivity index (χ4n) is 3.97. The Bertz CT molecular complexity index is 1430. The van der Waals surface area contributed by atoms with Crippen molar-refractivity contribution >= 4 is 11.2 Å². The number of benzene rings is 2. The molecule has 0 bridgehead atoms. The van der Waals surface area contributed by atoms with Gasteiger partial charge in [0, 0.05) is 17.3 Å². The maximum absolute atomic E-state index is 6.07. The van der Waals surface area contributed by atoms with Crippen LogP contribution < -0.4 is 4.74 Å². The smallest absolute Gasteiger partial charge is 0.250 e. The Kier molecular flexibility index (Phi) is 4.24. The van der Waals surface area contributed by atoms with Crippen molar-refractivity contribution in [1.82, 2.24) is 34.3 Å². The Balaban J connectivity index is 1.32. The first-order valence-electron chi connectivity index (χ1n) is 10.6. The maximum atomic E-state index is 6.07. The van der Waals surface area contributed by atoms with Gasteiger partial charge in [-0.1, -0.05) is 24.3 Å². The van der Waals surface area contributed by atoms with Gasteiger partial charge in [0.1, 0.15) is 17.9 Å². The standard InChI is InChI=1S/C24H21N7O/c1-15-5-3-4-6-20(15)22-29-28-16(2)31(22)18-9-11-19(12-10-18)32-24-21-23(25-13-26-24)30(14-27-21)17-7-8-17/h3-6,9-14,17H,7-8H2,1-2H3. The highest BCUT2D eigenvalue weighted by Gasteiger charge is 2.26. The first kappa shape index (κ1) is 18.7. The molecule has 0 aliphatic heterocycles. The molecular weight excluding hydrogens is 402 g/mol. The highest BCUT2D eigenvalue weighted by molar-refractivity contribution is 5.76. The van der Waals surface area contributed by atoms with Crippen LogP contribution in [0.2, 0.25) is 0 Å². The number of hydrogen-bond donors (Lipinski definition) is 0. The van der Waals surface area contributed by atoms with Gasteiger partial charge in [-0.2, -0.15) is 4.98 Å². The molecular formula is C24H21N7O. The van der Waals surface area contributed by atoms with Gasteiger partial charge in [-0.15, -0.1) is 10.2 Å². The first-order valence-corrected chi connectivity index (χ1v) is 10.6. The van der Waals surface area contributed by atoms with E-state index in [4.69, 9.17) is 4.74 Å². The molecule has 3 aromatic heterocycles. The third-order valence-corrected chi connectivity index (χ3v) is 5.79. The Morgan fingerprint density at radius 2 is 1.72 bits per heavy atom. The minimum atomic E-state index is 0.461. The summed E-state index contributed by atoms with van der Waals surface area (Å²) >= 11 is 0. The van der Waals surface area contributed by atoms with Gasteiger partial charge >= 0.3 is 0 Å². The van der Waals surface area contributed by atoms with E-state index in [-0.39, 0.29) is 0 Å². The van der Waals surface area contributed by atoms with Gasteiger partial charge in [0.15, 0.2) is 17.0 Å². The number of imidazole rings is 1. The summed E-state index contributed by atoms with van der Waals surface area (Å²) in [6.45, 7) is 4.03. The molecule has 32 heavy (non-hydrogen) atoms. The summed E-state index contributed by atoms with van der Waals surface area (Å²) in [6.07, 6.45) is 5.69. The van der Waals surface area contributed by atoms with Gasteiger partial charge in [-0.3, -0.25) is 4.57 Å². The van der Waals surface area contributed by atoms with Gasteiger partial charge in [0.2, 0.25) is 0 Å². The highest BCUT2D eigenvalue weighted by atomic mass is 16.5. The topological polar surface area (TPSA) is 83.5 Å². The number of rotatable bonds is 5. The second-order valence-corrected chi connectivity index (χ2v) is 8.05. The van der Waals surface area contributed by atoms with Crippen LogP contribution in [0.3, 0.4) is 0 Å². The number of fused-ring (bicyclic) bond motifs is 1. The summed E-state index contributed by atoms with van der Waals surface area (Å²) < 4.78 is 10.2. The molecule has 0 saturated heterocycles. The summed E-state index contributed by atoms with van der Waals surface area (Å²) in [5, 5.41) is 8.73. The number of aromatic nitrogens is 7. The lowest BCUT2D eigenvalue weighted by atomic mass is 10.1. The molecule has 1 aliphatic carbocycles. The molecule has 0 spiro atoms. The molecule has 1 aliphatic rings. The molecule has 6 rings (SSSR count). The van der Waals surface area contributed by atoms with Crippen LogP contribution >= 0.6 is 0 Å². The fraction of sp³-hybridized carbons (Fsp3) is 0.208. The van der Waals surface area contributed by atoms with Crippen LogP contribution in [0.4, 0.5) is 0 Å². The highest BCUT2D eigenvalue weighted by Crippen LogP contribution is 2.38. The zero-order chi connectivity index (χ0) is 21.7. The second-order valence-electron chi connectivity index (χ2n) is 8.05. The van der Waals surface area contributed by atoms with Crippen LogP contribution in [0.15, 0.2) is 61.2 Å². The normalized spacial score (nSPS) is 13.6. The fourth-order valence-corrected chi connectivity index (χ4v) is 3.97. The SMILES string of the molecule is Cc1ccccc1-c1nnc(C)n1-c1ccc(Oc2ncnc3c2ncn3C2CC2)cc1.